The van der Waals surface area contributed by atoms with Crippen LogP contribution in [0.4, 0.5) is 10.3 Å². The van der Waals surface area contributed by atoms with Crippen LogP contribution in [0.25, 0.3) is 0 Å². The van der Waals surface area contributed by atoms with Crippen molar-refractivity contribution in [3.05, 3.63) is 52.6 Å². The average molecular weight is 380 g/mol. The van der Waals surface area contributed by atoms with E-state index in [0.717, 1.165) is 49.6 Å². The molecular weight excluding hydrogens is 355 g/mol. The molecule has 0 saturated carbocycles. The number of benzene rings is 1. The van der Waals surface area contributed by atoms with Gasteiger partial charge in [0.1, 0.15) is 5.82 Å². The highest BCUT2D eigenvalue weighted by atomic mass is 19.1. The second-order valence-electron chi connectivity index (χ2n) is 8.39. The molecule has 0 unspecified atom stereocenters. The van der Waals surface area contributed by atoms with Crippen molar-refractivity contribution in [1.29, 1.82) is 0 Å². The number of carbonyl (C=O) groups is 1. The quantitative estimate of drug-likeness (QED) is 0.804. The van der Waals surface area contributed by atoms with Gasteiger partial charge in [-0.1, -0.05) is 12.1 Å². The van der Waals surface area contributed by atoms with Gasteiger partial charge < -0.3 is 9.80 Å². The van der Waals surface area contributed by atoms with Gasteiger partial charge in [0, 0.05) is 49.8 Å². The molecular formula is C22H25FN4O. The van der Waals surface area contributed by atoms with Crippen LogP contribution in [0, 0.1) is 24.6 Å². The Morgan fingerprint density at radius 3 is 2.82 bits per heavy atom. The van der Waals surface area contributed by atoms with E-state index in [0.29, 0.717) is 12.5 Å². The number of hydrogen-bond donors (Lipinski definition) is 0. The number of carbonyl (C=O) groups excluding carboxylic acids is 1. The van der Waals surface area contributed by atoms with Crippen molar-refractivity contribution in [3.63, 3.8) is 0 Å². The molecule has 1 aliphatic carbocycles. The van der Waals surface area contributed by atoms with Gasteiger partial charge in [-0.05, 0) is 49.4 Å². The number of aryl methyl sites for hydroxylation is 2. The van der Waals surface area contributed by atoms with Gasteiger partial charge in [0.05, 0.1) is 6.04 Å². The van der Waals surface area contributed by atoms with Crippen molar-refractivity contribution < 1.29 is 9.18 Å². The van der Waals surface area contributed by atoms with E-state index in [1.807, 2.05) is 11.0 Å². The number of nitrogens with zero attached hydrogens (tertiary/aromatic N) is 4. The highest BCUT2D eigenvalue weighted by molar-refractivity contribution is 5.74. The zero-order chi connectivity index (χ0) is 19.4. The number of anilines is 1. The fraction of sp³-hybridized carbons (Fsp3) is 0.500. The summed E-state index contributed by atoms with van der Waals surface area (Å²) < 4.78 is 13.9. The smallest absolute Gasteiger partial charge is 0.225 e. The molecule has 0 N–H and O–H groups in total. The largest absolute Gasteiger partial charge is 0.340 e. The maximum Gasteiger partial charge on any atom is 0.225 e. The van der Waals surface area contributed by atoms with Crippen molar-refractivity contribution in [2.45, 2.75) is 39.2 Å². The Morgan fingerprint density at radius 1 is 1.18 bits per heavy atom. The lowest BCUT2D eigenvalue weighted by atomic mass is 9.89. The number of halogens is 1. The van der Waals surface area contributed by atoms with Gasteiger partial charge >= 0.3 is 0 Å². The van der Waals surface area contributed by atoms with Gasteiger partial charge in [-0.2, -0.15) is 0 Å². The van der Waals surface area contributed by atoms with Gasteiger partial charge in [0.15, 0.2) is 0 Å². The van der Waals surface area contributed by atoms with E-state index >= 15 is 0 Å². The minimum Gasteiger partial charge on any atom is -0.340 e. The molecule has 1 aromatic heterocycles. The molecule has 2 aliphatic heterocycles. The van der Waals surface area contributed by atoms with Gasteiger partial charge in [-0.3, -0.25) is 4.79 Å². The molecule has 28 heavy (non-hydrogen) atoms. The van der Waals surface area contributed by atoms with E-state index in [9.17, 15) is 9.18 Å². The first-order valence-corrected chi connectivity index (χ1v) is 10.2. The summed E-state index contributed by atoms with van der Waals surface area (Å²) in [5.41, 5.74) is 4.51. The highest BCUT2D eigenvalue weighted by Crippen LogP contribution is 2.45. The summed E-state index contributed by atoms with van der Waals surface area (Å²) in [6.07, 6.45) is 3.28. The molecule has 146 valence electrons. The van der Waals surface area contributed by atoms with E-state index < -0.39 is 0 Å². The van der Waals surface area contributed by atoms with E-state index in [2.05, 4.69) is 11.8 Å². The molecule has 3 aliphatic rings. The highest BCUT2D eigenvalue weighted by Gasteiger charge is 2.49. The summed E-state index contributed by atoms with van der Waals surface area (Å²) in [5.74, 6) is 1.24. The zero-order valence-corrected chi connectivity index (χ0v) is 16.4. The monoisotopic (exact) mass is 380 g/mol. The summed E-state index contributed by atoms with van der Waals surface area (Å²) in [4.78, 5) is 26.1. The number of hydrogen-bond acceptors (Lipinski definition) is 4. The molecule has 5 rings (SSSR count). The molecule has 0 radical (unpaired) electrons. The van der Waals surface area contributed by atoms with Crippen LogP contribution in [-0.4, -0.2) is 40.4 Å². The second kappa shape index (κ2) is 6.54. The number of amides is 1. The summed E-state index contributed by atoms with van der Waals surface area (Å²) in [6, 6.07) is 6.61. The molecule has 2 saturated heterocycles. The van der Waals surface area contributed by atoms with Crippen molar-refractivity contribution in [3.8, 4) is 0 Å². The molecule has 0 bridgehead atoms. The van der Waals surface area contributed by atoms with Crippen LogP contribution >= 0.6 is 0 Å². The average Bonchev–Trinajstić information content (AvgIpc) is 3.35. The first-order valence-electron chi connectivity index (χ1n) is 10.2. The first-order chi connectivity index (χ1) is 13.5. The van der Waals surface area contributed by atoms with E-state index in [1.165, 1.54) is 17.3 Å². The van der Waals surface area contributed by atoms with Crippen molar-refractivity contribution in [2.75, 3.05) is 24.5 Å². The van der Waals surface area contributed by atoms with Crippen LogP contribution in [-0.2, 0) is 17.6 Å². The predicted molar refractivity (Wildman–Crippen MR) is 105 cm³/mol. The lowest BCUT2D eigenvalue weighted by Crippen LogP contribution is -2.35. The molecule has 2 fully saturated rings. The van der Waals surface area contributed by atoms with Crippen LogP contribution in [0.5, 0.6) is 0 Å². The topological polar surface area (TPSA) is 49.3 Å². The fourth-order valence-electron chi connectivity index (χ4n) is 5.40. The van der Waals surface area contributed by atoms with Gasteiger partial charge in [-0.15, -0.1) is 0 Å². The normalized spacial score (nSPS) is 25.9. The lowest BCUT2D eigenvalue weighted by Gasteiger charge is -2.29. The van der Waals surface area contributed by atoms with Crippen molar-refractivity contribution in [2.24, 2.45) is 11.8 Å². The van der Waals surface area contributed by atoms with Crippen LogP contribution in [0.2, 0.25) is 0 Å². The third-order valence-corrected chi connectivity index (χ3v) is 6.67. The maximum absolute atomic E-state index is 13.9. The Balaban J connectivity index is 1.45. The Labute approximate surface area is 164 Å². The summed E-state index contributed by atoms with van der Waals surface area (Å²) in [6.45, 7) is 6.05. The van der Waals surface area contributed by atoms with E-state index in [4.69, 9.17) is 9.97 Å². The molecule has 6 heteroatoms. The van der Waals surface area contributed by atoms with Crippen LogP contribution in [0.1, 0.15) is 41.9 Å². The van der Waals surface area contributed by atoms with Crippen molar-refractivity contribution >= 4 is 11.9 Å². The van der Waals surface area contributed by atoms with E-state index in [1.54, 1.807) is 19.1 Å². The number of aromatic nitrogens is 2. The number of likely N-dealkylation sites (tertiary alicyclic amines) is 1. The molecule has 3 heterocycles. The standard InChI is InChI=1S/C22H25FN4O/c1-13-18-7-4-8-20(18)25-22(24-13)26-10-16-11-27(14(2)28)21(19(16)12-26)15-5-3-6-17(23)9-15/h3,5-6,9,16,19,21H,4,7-8,10-12H2,1-2H3/t16-,19-,21-/m1/s1. The van der Waals surface area contributed by atoms with Gasteiger partial charge in [0.25, 0.3) is 0 Å². The number of fused-ring (bicyclic) bond motifs is 2. The zero-order valence-electron chi connectivity index (χ0n) is 16.4. The Bertz CT molecular complexity index is 946. The van der Waals surface area contributed by atoms with Gasteiger partial charge in [0.2, 0.25) is 11.9 Å². The van der Waals surface area contributed by atoms with Crippen molar-refractivity contribution in [1.82, 2.24) is 14.9 Å². The SMILES string of the molecule is CC(=O)N1C[C@H]2CN(c3nc(C)c4c(n3)CCC4)C[C@H]2[C@H]1c1cccc(F)c1. The minimum absolute atomic E-state index is 0.0554. The summed E-state index contributed by atoms with van der Waals surface area (Å²) in [5, 5.41) is 0. The molecule has 1 amide bonds. The molecule has 3 atom stereocenters. The fourth-order valence-corrected chi connectivity index (χ4v) is 5.40. The second-order valence-corrected chi connectivity index (χ2v) is 8.39. The Kier molecular flexibility index (Phi) is 4.11. The summed E-state index contributed by atoms with van der Waals surface area (Å²) in [7, 11) is 0. The molecule has 0 spiro atoms. The Hall–Kier alpha value is -2.50. The summed E-state index contributed by atoms with van der Waals surface area (Å²) >= 11 is 0. The van der Waals surface area contributed by atoms with Crippen LogP contribution in [0.15, 0.2) is 24.3 Å². The predicted octanol–water partition coefficient (Wildman–Crippen LogP) is 3.07. The maximum atomic E-state index is 13.9. The minimum atomic E-state index is -0.253. The molecule has 5 nitrogen and oxygen atoms in total. The third kappa shape index (κ3) is 2.77. The Morgan fingerprint density at radius 2 is 2.04 bits per heavy atom. The molecule has 1 aromatic carbocycles. The number of rotatable bonds is 2. The molecule has 2 aromatic rings. The third-order valence-electron chi connectivity index (χ3n) is 6.67. The first kappa shape index (κ1) is 17.6. The lowest BCUT2D eigenvalue weighted by molar-refractivity contribution is -0.130. The van der Waals surface area contributed by atoms with Crippen LogP contribution < -0.4 is 4.90 Å². The van der Waals surface area contributed by atoms with E-state index in [-0.39, 0.29) is 23.7 Å². The van der Waals surface area contributed by atoms with Crippen LogP contribution in [0.3, 0.4) is 0 Å². The van der Waals surface area contributed by atoms with Gasteiger partial charge in [-0.25, -0.2) is 14.4 Å².